The van der Waals surface area contributed by atoms with Gasteiger partial charge in [0.25, 0.3) is 0 Å². The van der Waals surface area contributed by atoms with E-state index in [0.717, 1.165) is 16.7 Å². The molecule has 0 radical (unpaired) electrons. The molecule has 0 N–H and O–H groups in total. The standard InChI is InChI=1S/C51H31N3Se/c1-3-14-33(15-4-1)49-52-50(34-16-5-2-6-17-34)54-51(53-49)46-24-12-23-45-44-22-11-21-43(47(44)55-48(45)46)40-20-10-9-19-38(40)35-26-28-39-36(31-35)27-30-41-37-18-8-7-13-32(37)25-29-42(39)41/h1-31H. The van der Waals surface area contributed by atoms with Gasteiger partial charge in [-0.3, -0.25) is 0 Å². The summed E-state index contributed by atoms with van der Waals surface area (Å²) in [6.45, 7) is 0. The molecule has 0 aliphatic carbocycles. The molecule has 11 rings (SSSR count). The van der Waals surface area contributed by atoms with Crippen LogP contribution < -0.4 is 0 Å². The zero-order chi connectivity index (χ0) is 36.3. The van der Waals surface area contributed by atoms with Crippen molar-refractivity contribution in [2.45, 2.75) is 0 Å². The van der Waals surface area contributed by atoms with Crippen LogP contribution in [0.25, 0.3) is 108 Å². The molecule has 2 heterocycles. The molecule has 0 aliphatic rings. The summed E-state index contributed by atoms with van der Waals surface area (Å²) in [5, 5.41) is 10.2. The fraction of sp³-hybridized carbons (Fsp3) is 0. The van der Waals surface area contributed by atoms with E-state index in [1.54, 1.807) is 0 Å². The average molecular weight is 765 g/mol. The summed E-state index contributed by atoms with van der Waals surface area (Å²) in [6, 6.07) is 67.4. The second-order valence-corrected chi connectivity index (χ2v) is 16.1. The summed E-state index contributed by atoms with van der Waals surface area (Å²) >= 11 is 0.0164. The predicted molar refractivity (Wildman–Crippen MR) is 231 cm³/mol. The van der Waals surface area contributed by atoms with Gasteiger partial charge in [0.2, 0.25) is 0 Å². The molecular formula is C51H31N3Se. The van der Waals surface area contributed by atoms with Crippen LogP contribution in [0.2, 0.25) is 0 Å². The van der Waals surface area contributed by atoms with Gasteiger partial charge in [0.05, 0.1) is 0 Å². The second kappa shape index (κ2) is 13.0. The van der Waals surface area contributed by atoms with Gasteiger partial charge in [-0.1, -0.05) is 18.2 Å². The maximum absolute atomic E-state index is 5.12. The summed E-state index contributed by atoms with van der Waals surface area (Å²) in [5.74, 6) is 2.06. The van der Waals surface area contributed by atoms with Crippen molar-refractivity contribution < 1.29 is 0 Å². The van der Waals surface area contributed by atoms with Gasteiger partial charge < -0.3 is 0 Å². The Labute approximate surface area is 324 Å². The Morgan fingerprint density at radius 1 is 0.273 bits per heavy atom. The monoisotopic (exact) mass is 765 g/mol. The Balaban J connectivity index is 1.07. The summed E-state index contributed by atoms with van der Waals surface area (Å²) < 4.78 is 2.70. The van der Waals surface area contributed by atoms with Gasteiger partial charge in [-0.05, 0) is 0 Å². The Morgan fingerprint density at radius 3 is 1.47 bits per heavy atom. The molecule has 0 amide bonds. The van der Waals surface area contributed by atoms with E-state index in [-0.39, 0.29) is 14.5 Å². The molecule has 0 spiro atoms. The van der Waals surface area contributed by atoms with Crippen molar-refractivity contribution in [3.63, 3.8) is 0 Å². The van der Waals surface area contributed by atoms with Crippen LogP contribution in [0.4, 0.5) is 0 Å². The van der Waals surface area contributed by atoms with E-state index in [9.17, 15) is 0 Å². The van der Waals surface area contributed by atoms with Crippen LogP contribution in [0.3, 0.4) is 0 Å². The quantitative estimate of drug-likeness (QED) is 0.129. The third kappa shape index (κ3) is 5.38. The fourth-order valence-corrected chi connectivity index (χ4v) is 10.9. The van der Waals surface area contributed by atoms with Crippen molar-refractivity contribution in [2.75, 3.05) is 0 Å². The Morgan fingerprint density at radius 2 is 0.764 bits per heavy atom. The zero-order valence-electron chi connectivity index (χ0n) is 29.6. The first-order valence-electron chi connectivity index (χ1n) is 18.5. The third-order valence-electron chi connectivity index (χ3n) is 10.7. The van der Waals surface area contributed by atoms with E-state index in [4.69, 9.17) is 15.0 Å². The molecule has 9 aromatic carbocycles. The molecule has 256 valence electrons. The number of hydrogen-bond donors (Lipinski definition) is 0. The zero-order valence-corrected chi connectivity index (χ0v) is 31.4. The maximum atomic E-state index is 5.12. The first-order chi connectivity index (χ1) is 27.3. The Bertz CT molecular complexity index is 3200. The second-order valence-electron chi connectivity index (χ2n) is 13.9. The van der Waals surface area contributed by atoms with Crippen molar-refractivity contribution >= 4 is 66.1 Å². The van der Waals surface area contributed by atoms with E-state index in [1.165, 1.54) is 73.9 Å². The molecule has 11 aromatic rings. The van der Waals surface area contributed by atoms with E-state index >= 15 is 0 Å². The Kier molecular flexibility index (Phi) is 7.51. The van der Waals surface area contributed by atoms with Crippen molar-refractivity contribution in [3.8, 4) is 56.4 Å². The van der Waals surface area contributed by atoms with E-state index in [0.29, 0.717) is 17.5 Å². The van der Waals surface area contributed by atoms with E-state index in [2.05, 4.69) is 152 Å². The van der Waals surface area contributed by atoms with Gasteiger partial charge in [-0.15, -0.1) is 0 Å². The summed E-state index contributed by atoms with van der Waals surface area (Å²) in [7, 11) is 0. The van der Waals surface area contributed by atoms with Crippen LogP contribution in [0.15, 0.2) is 188 Å². The fourth-order valence-electron chi connectivity index (χ4n) is 8.10. The van der Waals surface area contributed by atoms with E-state index in [1.807, 2.05) is 36.4 Å². The van der Waals surface area contributed by atoms with Crippen LogP contribution in [-0.4, -0.2) is 29.5 Å². The molecule has 0 aliphatic heterocycles. The number of rotatable bonds is 5. The van der Waals surface area contributed by atoms with Crippen LogP contribution >= 0.6 is 0 Å². The van der Waals surface area contributed by atoms with Gasteiger partial charge in [-0.2, -0.15) is 0 Å². The molecule has 0 saturated heterocycles. The van der Waals surface area contributed by atoms with Gasteiger partial charge in [0.15, 0.2) is 0 Å². The van der Waals surface area contributed by atoms with Gasteiger partial charge in [0, 0.05) is 0 Å². The first-order valence-corrected chi connectivity index (χ1v) is 20.2. The van der Waals surface area contributed by atoms with Crippen LogP contribution in [0, 0.1) is 0 Å². The molecule has 0 atom stereocenters. The van der Waals surface area contributed by atoms with Crippen molar-refractivity contribution in [1.82, 2.24) is 15.0 Å². The predicted octanol–water partition coefficient (Wildman–Crippen LogP) is 13.0. The molecule has 3 nitrogen and oxygen atoms in total. The first kappa shape index (κ1) is 31.8. The molecule has 2 aromatic heterocycles. The summed E-state index contributed by atoms with van der Waals surface area (Å²) in [6.07, 6.45) is 0. The van der Waals surface area contributed by atoms with E-state index < -0.39 is 0 Å². The van der Waals surface area contributed by atoms with Crippen LogP contribution in [0.1, 0.15) is 0 Å². The SMILES string of the molecule is c1ccc(-c2nc(-c3ccccc3)nc(-c3cccc4c3[se]c3c(-c5ccccc5-c5ccc6c(ccc7c8ccccc8ccc67)c5)cccc34)n2)cc1. The van der Waals surface area contributed by atoms with Gasteiger partial charge in [0.1, 0.15) is 0 Å². The molecule has 0 saturated carbocycles. The summed E-state index contributed by atoms with van der Waals surface area (Å²) in [4.78, 5) is 15.2. The number of hydrogen-bond acceptors (Lipinski definition) is 3. The number of nitrogens with zero attached hydrogens (tertiary/aromatic N) is 3. The normalized spacial score (nSPS) is 11.6. The number of benzene rings is 9. The molecular weight excluding hydrogens is 734 g/mol. The van der Waals surface area contributed by atoms with Crippen molar-refractivity contribution in [3.05, 3.63) is 188 Å². The topological polar surface area (TPSA) is 38.7 Å². The number of aromatic nitrogens is 3. The van der Waals surface area contributed by atoms with Crippen molar-refractivity contribution in [2.24, 2.45) is 0 Å². The average Bonchev–Trinajstić information content (AvgIpc) is 3.66. The van der Waals surface area contributed by atoms with Gasteiger partial charge >= 0.3 is 307 Å². The molecule has 0 bridgehead atoms. The number of fused-ring (bicyclic) bond motifs is 8. The third-order valence-corrected chi connectivity index (χ3v) is 13.4. The molecule has 4 heteroatoms. The minimum atomic E-state index is 0.0164. The Hall–Kier alpha value is -6.71. The minimum absolute atomic E-state index is 0.0164. The van der Waals surface area contributed by atoms with Crippen molar-refractivity contribution in [1.29, 1.82) is 0 Å². The summed E-state index contributed by atoms with van der Waals surface area (Å²) in [5.41, 5.74) is 8.00. The van der Waals surface area contributed by atoms with Crippen LogP contribution in [-0.2, 0) is 0 Å². The van der Waals surface area contributed by atoms with Gasteiger partial charge in [-0.25, -0.2) is 0 Å². The van der Waals surface area contributed by atoms with Crippen LogP contribution in [0.5, 0.6) is 0 Å². The molecule has 0 fully saturated rings. The molecule has 0 unspecified atom stereocenters. The molecule has 55 heavy (non-hydrogen) atoms.